The van der Waals surface area contributed by atoms with E-state index in [0.717, 1.165) is 37.3 Å². The zero-order chi connectivity index (χ0) is 21.1. The molecule has 3 aromatic rings. The first-order valence-electron chi connectivity index (χ1n) is 9.63. The van der Waals surface area contributed by atoms with Crippen LogP contribution in [0.4, 0.5) is 0 Å². The zero-order valence-electron chi connectivity index (χ0n) is 16.8. The quantitative estimate of drug-likeness (QED) is 0.618. The first-order chi connectivity index (χ1) is 14.5. The maximum atomic E-state index is 12.1. The first kappa shape index (κ1) is 20.2. The summed E-state index contributed by atoms with van der Waals surface area (Å²) in [6.07, 6.45) is 2.35. The number of nitrogens with zero attached hydrogens (tertiary/aromatic N) is 5. The minimum atomic E-state index is -0.343. The summed E-state index contributed by atoms with van der Waals surface area (Å²) in [5, 5.41) is 11.1. The Bertz CT molecular complexity index is 1010. The Balaban J connectivity index is 1.32. The van der Waals surface area contributed by atoms with Gasteiger partial charge in [0.15, 0.2) is 16.7 Å². The van der Waals surface area contributed by atoms with Gasteiger partial charge in [0.05, 0.1) is 18.5 Å². The second kappa shape index (κ2) is 8.76. The summed E-state index contributed by atoms with van der Waals surface area (Å²) in [6.45, 7) is 7.28. The predicted octanol–water partition coefficient (Wildman–Crippen LogP) is 2.16. The number of aromatic nitrogens is 3. The van der Waals surface area contributed by atoms with E-state index < -0.39 is 0 Å². The number of hydrogen-bond donors (Lipinski definition) is 1. The van der Waals surface area contributed by atoms with Crippen molar-refractivity contribution in [1.29, 1.82) is 0 Å². The highest BCUT2D eigenvalue weighted by molar-refractivity contribution is 7.80. The van der Waals surface area contributed by atoms with Crippen LogP contribution in [0.1, 0.15) is 34.3 Å². The lowest BCUT2D eigenvalue weighted by molar-refractivity contribution is 0.0946. The minimum Gasteiger partial charge on any atom is -0.459 e. The van der Waals surface area contributed by atoms with Gasteiger partial charge in [-0.25, -0.2) is 0 Å². The van der Waals surface area contributed by atoms with Crippen molar-refractivity contribution in [2.24, 2.45) is 0 Å². The van der Waals surface area contributed by atoms with Gasteiger partial charge in [0, 0.05) is 26.2 Å². The average Bonchev–Trinajstić information content (AvgIpc) is 3.43. The summed E-state index contributed by atoms with van der Waals surface area (Å²) in [4.78, 5) is 20.8. The standard InChI is InChI=1S/C19H22N6O4S/c1-12-16(13(2)28-22-12)18-20-15(23-29-18)11-24-6-4-7-25(9-8-24)19(30)21-17(26)14-5-3-10-27-14/h3,5,10H,4,6-9,11H2,1-2H3,(H,21,26,30). The molecule has 1 saturated heterocycles. The molecule has 1 amide bonds. The predicted molar refractivity (Wildman–Crippen MR) is 110 cm³/mol. The fourth-order valence-electron chi connectivity index (χ4n) is 3.39. The smallest absolute Gasteiger partial charge is 0.293 e. The summed E-state index contributed by atoms with van der Waals surface area (Å²) >= 11 is 5.41. The van der Waals surface area contributed by atoms with Crippen LogP contribution >= 0.6 is 12.2 Å². The van der Waals surface area contributed by atoms with E-state index in [0.29, 0.717) is 35.7 Å². The molecule has 4 rings (SSSR count). The number of hydrogen-bond acceptors (Lipinski definition) is 9. The van der Waals surface area contributed by atoms with Gasteiger partial charge in [-0.2, -0.15) is 4.98 Å². The molecule has 30 heavy (non-hydrogen) atoms. The van der Waals surface area contributed by atoms with E-state index in [1.54, 1.807) is 12.1 Å². The maximum Gasteiger partial charge on any atom is 0.293 e. The number of nitrogens with one attached hydrogen (secondary N) is 1. The van der Waals surface area contributed by atoms with Crippen LogP contribution in [0, 0.1) is 13.8 Å². The van der Waals surface area contributed by atoms with Gasteiger partial charge in [-0.1, -0.05) is 10.3 Å². The van der Waals surface area contributed by atoms with Crippen LogP contribution in [0.25, 0.3) is 11.5 Å². The molecule has 1 aliphatic rings. The van der Waals surface area contributed by atoms with Crippen molar-refractivity contribution < 1.29 is 18.3 Å². The van der Waals surface area contributed by atoms with E-state index >= 15 is 0 Å². The SMILES string of the molecule is Cc1noc(C)c1-c1nc(CN2CCCN(C(=S)NC(=O)c3ccco3)CC2)no1. The molecule has 0 unspecified atom stereocenters. The molecule has 11 heteroatoms. The normalized spacial score (nSPS) is 15.2. The van der Waals surface area contributed by atoms with Crippen LogP contribution in [-0.4, -0.2) is 62.3 Å². The van der Waals surface area contributed by atoms with Crippen LogP contribution in [0.15, 0.2) is 31.9 Å². The highest BCUT2D eigenvalue weighted by Gasteiger charge is 2.22. The molecule has 158 valence electrons. The summed E-state index contributed by atoms with van der Waals surface area (Å²) in [5.41, 5.74) is 1.46. The molecule has 0 radical (unpaired) electrons. The van der Waals surface area contributed by atoms with Crippen LogP contribution in [0.2, 0.25) is 0 Å². The van der Waals surface area contributed by atoms with Gasteiger partial charge in [0.1, 0.15) is 11.3 Å². The summed E-state index contributed by atoms with van der Waals surface area (Å²) < 4.78 is 15.7. The fourth-order valence-corrected chi connectivity index (χ4v) is 3.66. The largest absolute Gasteiger partial charge is 0.459 e. The molecule has 1 fully saturated rings. The van der Waals surface area contributed by atoms with Crippen molar-refractivity contribution in [3.63, 3.8) is 0 Å². The lowest BCUT2D eigenvalue weighted by Gasteiger charge is -2.23. The van der Waals surface area contributed by atoms with E-state index in [1.807, 2.05) is 18.7 Å². The number of carbonyl (C=O) groups excluding carboxylic acids is 1. The number of rotatable bonds is 4. The summed E-state index contributed by atoms with van der Waals surface area (Å²) in [7, 11) is 0. The topological polar surface area (TPSA) is 114 Å². The Labute approximate surface area is 178 Å². The van der Waals surface area contributed by atoms with Crippen LogP contribution in [-0.2, 0) is 6.54 Å². The number of furan rings is 1. The molecule has 0 saturated carbocycles. The minimum absolute atomic E-state index is 0.236. The van der Waals surface area contributed by atoms with Crippen molar-refractivity contribution in [3.05, 3.63) is 41.4 Å². The number of thiocarbonyl (C=S) groups is 1. The van der Waals surface area contributed by atoms with Gasteiger partial charge in [-0.05, 0) is 44.6 Å². The Morgan fingerprint density at radius 1 is 1.20 bits per heavy atom. The Morgan fingerprint density at radius 2 is 2.07 bits per heavy atom. The molecular weight excluding hydrogens is 408 g/mol. The lowest BCUT2D eigenvalue weighted by atomic mass is 10.2. The average molecular weight is 430 g/mol. The molecular formula is C19H22N6O4S. The van der Waals surface area contributed by atoms with Crippen molar-refractivity contribution in [2.45, 2.75) is 26.8 Å². The Hall–Kier alpha value is -3.05. The third kappa shape index (κ3) is 4.41. The number of aryl methyl sites for hydroxylation is 2. The van der Waals surface area contributed by atoms with E-state index in [-0.39, 0.29) is 11.7 Å². The highest BCUT2D eigenvalue weighted by Crippen LogP contribution is 2.25. The third-order valence-electron chi connectivity index (χ3n) is 4.92. The zero-order valence-corrected chi connectivity index (χ0v) is 17.6. The fraction of sp³-hybridized carbons (Fsp3) is 0.421. The van der Waals surface area contributed by atoms with E-state index in [4.69, 9.17) is 25.7 Å². The molecule has 1 N–H and O–H groups in total. The summed E-state index contributed by atoms with van der Waals surface area (Å²) in [5.74, 6) is 1.56. The maximum absolute atomic E-state index is 12.1. The monoisotopic (exact) mass is 430 g/mol. The van der Waals surface area contributed by atoms with E-state index in [1.165, 1.54) is 6.26 Å². The van der Waals surface area contributed by atoms with Crippen molar-refractivity contribution in [1.82, 2.24) is 30.4 Å². The van der Waals surface area contributed by atoms with Gasteiger partial charge in [0.25, 0.3) is 11.8 Å². The van der Waals surface area contributed by atoms with Crippen molar-refractivity contribution in [2.75, 3.05) is 26.2 Å². The first-order valence-corrected chi connectivity index (χ1v) is 10.0. The molecule has 4 heterocycles. The van der Waals surface area contributed by atoms with Gasteiger partial charge in [-0.3, -0.25) is 15.0 Å². The Morgan fingerprint density at radius 3 is 2.80 bits per heavy atom. The van der Waals surface area contributed by atoms with Gasteiger partial charge >= 0.3 is 0 Å². The number of carbonyl (C=O) groups is 1. The molecule has 0 spiro atoms. The molecule has 0 bridgehead atoms. The van der Waals surface area contributed by atoms with E-state index in [9.17, 15) is 4.79 Å². The van der Waals surface area contributed by atoms with Crippen LogP contribution in [0.3, 0.4) is 0 Å². The van der Waals surface area contributed by atoms with Crippen LogP contribution in [0.5, 0.6) is 0 Å². The molecule has 3 aromatic heterocycles. The van der Waals surface area contributed by atoms with Crippen molar-refractivity contribution in [3.8, 4) is 11.5 Å². The van der Waals surface area contributed by atoms with E-state index in [2.05, 4.69) is 25.5 Å². The summed E-state index contributed by atoms with van der Waals surface area (Å²) in [6, 6.07) is 3.26. The highest BCUT2D eigenvalue weighted by atomic mass is 32.1. The molecule has 10 nitrogen and oxygen atoms in total. The lowest BCUT2D eigenvalue weighted by Crippen LogP contribution is -2.44. The molecule has 1 aliphatic heterocycles. The second-order valence-corrected chi connectivity index (χ2v) is 7.45. The Kier molecular flexibility index (Phi) is 5.91. The third-order valence-corrected chi connectivity index (χ3v) is 5.28. The molecule has 0 aliphatic carbocycles. The number of amides is 1. The van der Waals surface area contributed by atoms with Crippen molar-refractivity contribution >= 4 is 23.2 Å². The molecule has 0 atom stereocenters. The van der Waals surface area contributed by atoms with Crippen LogP contribution < -0.4 is 5.32 Å². The second-order valence-electron chi connectivity index (χ2n) is 7.07. The van der Waals surface area contributed by atoms with Gasteiger partial charge < -0.3 is 18.4 Å². The molecule has 0 aromatic carbocycles. The van der Waals surface area contributed by atoms with Gasteiger partial charge in [0.2, 0.25) is 0 Å². The van der Waals surface area contributed by atoms with Gasteiger partial charge in [-0.15, -0.1) is 0 Å².